The van der Waals surface area contributed by atoms with E-state index in [0.717, 1.165) is 49.5 Å². The van der Waals surface area contributed by atoms with Crippen molar-refractivity contribution < 1.29 is 14.3 Å². The quantitative estimate of drug-likeness (QED) is 0.632. The molecule has 6 nitrogen and oxygen atoms in total. The van der Waals surface area contributed by atoms with Crippen molar-refractivity contribution in [2.45, 2.75) is 59.4 Å². The summed E-state index contributed by atoms with van der Waals surface area (Å²) in [7, 11) is 0. The fourth-order valence-corrected chi connectivity index (χ4v) is 3.54. The van der Waals surface area contributed by atoms with Gasteiger partial charge in [0.05, 0.1) is 5.69 Å². The molecule has 1 atom stereocenters. The maximum Gasteiger partial charge on any atom is 0.265 e. The number of carbonyl (C=O) groups is 2. The van der Waals surface area contributed by atoms with Crippen LogP contribution in [0, 0.1) is 6.92 Å². The van der Waals surface area contributed by atoms with Gasteiger partial charge in [0.1, 0.15) is 5.75 Å². The Morgan fingerprint density at radius 1 is 1.29 bits per heavy atom. The number of nitrogens with zero attached hydrogens (tertiary/aromatic N) is 2. The highest BCUT2D eigenvalue weighted by molar-refractivity contribution is 5.98. The van der Waals surface area contributed by atoms with Gasteiger partial charge in [-0.3, -0.25) is 9.59 Å². The molecule has 1 aliphatic heterocycles. The number of carbonyl (C=O) groups excluding carboxylic acids is 2. The maximum absolute atomic E-state index is 12.2. The molecule has 1 N–H and O–H groups in total. The molecular formula is C22H35N3O3. The molecule has 0 radical (unpaired) electrons. The Bertz CT molecular complexity index is 658. The molecule has 2 amide bonds. The standard InChI is InChI=1S/C22H35N3O3/c1-5-24(6-2)13-7-9-18(4)23-21(26)10-8-14-25-19-15-17(3)11-12-20(19)28-16-22(25)27/h11-12,15,18H,5-10,13-14,16H2,1-4H3,(H,23,26). The van der Waals surface area contributed by atoms with Crippen LogP contribution in [0.2, 0.25) is 0 Å². The highest BCUT2D eigenvalue weighted by atomic mass is 16.5. The Morgan fingerprint density at radius 2 is 2.04 bits per heavy atom. The molecule has 0 saturated heterocycles. The molecule has 2 rings (SSSR count). The summed E-state index contributed by atoms with van der Waals surface area (Å²) < 4.78 is 5.50. The third-order valence-corrected chi connectivity index (χ3v) is 5.26. The number of rotatable bonds is 11. The number of aryl methyl sites for hydroxylation is 1. The number of hydrogen-bond acceptors (Lipinski definition) is 4. The average Bonchev–Trinajstić information content (AvgIpc) is 2.67. The number of fused-ring (bicyclic) bond motifs is 1. The molecule has 1 aromatic carbocycles. The van der Waals surface area contributed by atoms with Gasteiger partial charge >= 0.3 is 0 Å². The molecule has 0 bridgehead atoms. The van der Waals surface area contributed by atoms with Crippen molar-refractivity contribution in [3.05, 3.63) is 23.8 Å². The molecule has 1 unspecified atom stereocenters. The Hall–Kier alpha value is -2.08. The Morgan fingerprint density at radius 3 is 2.75 bits per heavy atom. The van der Waals surface area contributed by atoms with Crippen molar-refractivity contribution in [2.24, 2.45) is 0 Å². The van der Waals surface area contributed by atoms with Crippen LogP contribution in [0.4, 0.5) is 5.69 Å². The molecule has 1 heterocycles. The van der Waals surface area contributed by atoms with E-state index in [-0.39, 0.29) is 24.5 Å². The number of benzene rings is 1. The smallest absolute Gasteiger partial charge is 0.265 e. The fourth-order valence-electron chi connectivity index (χ4n) is 3.54. The van der Waals surface area contributed by atoms with Gasteiger partial charge in [0.2, 0.25) is 5.91 Å². The van der Waals surface area contributed by atoms with Crippen molar-refractivity contribution in [3.63, 3.8) is 0 Å². The number of amides is 2. The van der Waals surface area contributed by atoms with Gasteiger partial charge in [-0.15, -0.1) is 0 Å². The lowest BCUT2D eigenvalue weighted by molar-refractivity contribution is -0.123. The van der Waals surface area contributed by atoms with Crippen molar-refractivity contribution in [3.8, 4) is 5.75 Å². The maximum atomic E-state index is 12.2. The minimum absolute atomic E-state index is 0.0525. The fraction of sp³-hybridized carbons (Fsp3) is 0.636. The van der Waals surface area contributed by atoms with Gasteiger partial charge in [-0.2, -0.15) is 0 Å². The highest BCUT2D eigenvalue weighted by Crippen LogP contribution is 2.32. The lowest BCUT2D eigenvalue weighted by atomic mass is 10.1. The van der Waals surface area contributed by atoms with Crippen molar-refractivity contribution in [1.82, 2.24) is 10.2 Å². The summed E-state index contributed by atoms with van der Waals surface area (Å²) in [5.74, 6) is 0.736. The number of nitrogens with one attached hydrogen (secondary N) is 1. The summed E-state index contributed by atoms with van der Waals surface area (Å²) in [6.07, 6.45) is 3.13. The Balaban J connectivity index is 1.73. The second-order valence-electron chi connectivity index (χ2n) is 7.55. The topological polar surface area (TPSA) is 61.9 Å². The molecule has 1 aromatic rings. The molecule has 0 spiro atoms. The van der Waals surface area contributed by atoms with Crippen LogP contribution in [0.15, 0.2) is 18.2 Å². The summed E-state index contributed by atoms with van der Waals surface area (Å²) in [4.78, 5) is 28.6. The van der Waals surface area contributed by atoms with E-state index in [9.17, 15) is 9.59 Å². The van der Waals surface area contributed by atoms with E-state index in [4.69, 9.17) is 4.74 Å². The van der Waals surface area contributed by atoms with Crippen LogP contribution in [0.25, 0.3) is 0 Å². The Kier molecular flexibility index (Phi) is 8.77. The predicted octanol–water partition coefficient (Wildman–Crippen LogP) is 3.13. The zero-order chi connectivity index (χ0) is 20.5. The molecule has 0 aromatic heterocycles. The van der Waals surface area contributed by atoms with Gasteiger partial charge < -0.3 is 19.9 Å². The van der Waals surface area contributed by atoms with Crippen LogP contribution in [-0.4, -0.2) is 55.5 Å². The van der Waals surface area contributed by atoms with Crippen molar-refractivity contribution >= 4 is 17.5 Å². The first-order valence-electron chi connectivity index (χ1n) is 10.5. The summed E-state index contributed by atoms with van der Waals surface area (Å²) in [5.41, 5.74) is 1.89. The van der Waals surface area contributed by atoms with E-state index >= 15 is 0 Å². The van der Waals surface area contributed by atoms with Gasteiger partial charge in [0.15, 0.2) is 6.61 Å². The molecule has 0 saturated carbocycles. The van der Waals surface area contributed by atoms with Crippen LogP contribution in [0.1, 0.15) is 52.0 Å². The van der Waals surface area contributed by atoms with Crippen LogP contribution in [0.3, 0.4) is 0 Å². The molecule has 156 valence electrons. The van der Waals surface area contributed by atoms with E-state index in [1.54, 1.807) is 4.90 Å². The second kappa shape index (κ2) is 11.1. The largest absolute Gasteiger partial charge is 0.482 e. The first kappa shape index (κ1) is 22.2. The van der Waals surface area contributed by atoms with Gasteiger partial charge in [0, 0.05) is 19.0 Å². The van der Waals surface area contributed by atoms with E-state index < -0.39 is 0 Å². The van der Waals surface area contributed by atoms with Crippen molar-refractivity contribution in [1.29, 1.82) is 0 Å². The van der Waals surface area contributed by atoms with Crippen LogP contribution >= 0.6 is 0 Å². The molecule has 1 aliphatic rings. The molecule has 0 aliphatic carbocycles. The average molecular weight is 390 g/mol. The van der Waals surface area contributed by atoms with Crippen LogP contribution in [0.5, 0.6) is 5.75 Å². The monoisotopic (exact) mass is 389 g/mol. The van der Waals surface area contributed by atoms with E-state index in [1.807, 2.05) is 25.1 Å². The van der Waals surface area contributed by atoms with Crippen LogP contribution < -0.4 is 15.0 Å². The minimum Gasteiger partial charge on any atom is -0.482 e. The first-order chi connectivity index (χ1) is 13.4. The SMILES string of the molecule is CCN(CC)CCCC(C)NC(=O)CCCN1C(=O)COc2ccc(C)cc21. The van der Waals surface area contributed by atoms with E-state index in [0.29, 0.717) is 19.4 Å². The second-order valence-corrected chi connectivity index (χ2v) is 7.55. The summed E-state index contributed by atoms with van der Waals surface area (Å²) in [5, 5.41) is 3.08. The third kappa shape index (κ3) is 6.51. The predicted molar refractivity (Wildman–Crippen MR) is 113 cm³/mol. The molecule has 0 fully saturated rings. The summed E-state index contributed by atoms with van der Waals surface area (Å²) >= 11 is 0. The normalized spacial score (nSPS) is 14.6. The summed E-state index contributed by atoms with van der Waals surface area (Å²) in [6, 6.07) is 6.01. The van der Waals surface area contributed by atoms with Crippen molar-refractivity contribution in [2.75, 3.05) is 37.7 Å². The highest BCUT2D eigenvalue weighted by Gasteiger charge is 2.25. The van der Waals surface area contributed by atoms with Gasteiger partial charge in [-0.1, -0.05) is 19.9 Å². The summed E-state index contributed by atoms with van der Waals surface area (Å²) in [6.45, 7) is 12.2. The molecule has 6 heteroatoms. The van der Waals surface area contributed by atoms with Crippen LogP contribution in [-0.2, 0) is 9.59 Å². The first-order valence-corrected chi connectivity index (χ1v) is 10.5. The lowest BCUT2D eigenvalue weighted by Gasteiger charge is -2.29. The minimum atomic E-state index is -0.0525. The molecule has 28 heavy (non-hydrogen) atoms. The number of hydrogen-bond donors (Lipinski definition) is 1. The van der Waals surface area contributed by atoms with E-state index in [1.165, 1.54) is 0 Å². The lowest BCUT2D eigenvalue weighted by Crippen LogP contribution is -2.40. The molecular weight excluding hydrogens is 354 g/mol. The Labute approximate surface area is 169 Å². The number of anilines is 1. The van der Waals surface area contributed by atoms with E-state index in [2.05, 4.69) is 31.0 Å². The zero-order valence-electron chi connectivity index (χ0n) is 17.8. The van der Waals surface area contributed by atoms with Gasteiger partial charge in [-0.25, -0.2) is 0 Å². The zero-order valence-corrected chi connectivity index (χ0v) is 17.8. The van der Waals surface area contributed by atoms with Gasteiger partial charge in [0.25, 0.3) is 5.91 Å². The third-order valence-electron chi connectivity index (χ3n) is 5.26. The van der Waals surface area contributed by atoms with Gasteiger partial charge in [-0.05, 0) is 70.4 Å². The number of ether oxygens (including phenoxy) is 1.